The van der Waals surface area contributed by atoms with Crippen molar-refractivity contribution in [2.75, 3.05) is 19.8 Å². The maximum atomic E-state index is 12.8. The van der Waals surface area contributed by atoms with E-state index in [1.54, 1.807) is 36.1 Å². The Bertz CT molecular complexity index is 1000. The fraction of sp³-hybridized carbons (Fsp3) is 0.500. The summed E-state index contributed by atoms with van der Waals surface area (Å²) in [5, 5.41) is 5.80. The molecule has 34 heavy (non-hydrogen) atoms. The number of hydrogen-bond donors (Lipinski definition) is 2. The van der Waals surface area contributed by atoms with E-state index in [9.17, 15) is 19.2 Å². The summed E-state index contributed by atoms with van der Waals surface area (Å²) in [6, 6.07) is 5.56. The van der Waals surface area contributed by atoms with Crippen LogP contribution in [0.2, 0.25) is 5.02 Å². The quantitative estimate of drug-likeness (QED) is 0.569. The number of carbonyl (C=O) groups excluding carboxylic acids is 4. The number of benzene rings is 1. The molecule has 2 fully saturated rings. The molecule has 0 unspecified atom stereocenters. The van der Waals surface area contributed by atoms with Crippen molar-refractivity contribution in [3.05, 3.63) is 46.1 Å². The Morgan fingerprint density at radius 3 is 2.50 bits per heavy atom. The van der Waals surface area contributed by atoms with Crippen LogP contribution in [0.5, 0.6) is 0 Å². The predicted octanol–water partition coefficient (Wildman–Crippen LogP) is 2.85. The van der Waals surface area contributed by atoms with Crippen molar-refractivity contribution in [3.8, 4) is 0 Å². The molecule has 2 aliphatic heterocycles. The van der Waals surface area contributed by atoms with Gasteiger partial charge < -0.3 is 25.0 Å². The van der Waals surface area contributed by atoms with E-state index in [1.807, 2.05) is 0 Å². The van der Waals surface area contributed by atoms with Crippen molar-refractivity contribution in [1.82, 2.24) is 15.5 Å². The zero-order valence-corrected chi connectivity index (χ0v) is 19.7. The summed E-state index contributed by atoms with van der Waals surface area (Å²) in [5.74, 6) is -1.76. The van der Waals surface area contributed by atoms with Gasteiger partial charge in [0.2, 0.25) is 5.91 Å². The van der Waals surface area contributed by atoms with Crippen molar-refractivity contribution < 1.29 is 28.7 Å². The Morgan fingerprint density at radius 1 is 1.12 bits per heavy atom. The minimum Gasteiger partial charge on any atom is -0.463 e. The first-order valence-electron chi connectivity index (χ1n) is 11.6. The second kappa shape index (κ2) is 10.5. The molecule has 10 heteroatoms. The Hall–Kier alpha value is -3.07. The number of carbonyl (C=O) groups is 4. The van der Waals surface area contributed by atoms with Crippen LogP contribution in [0.25, 0.3) is 0 Å². The number of likely N-dealkylation sites (tertiary alicyclic amines) is 1. The first-order chi connectivity index (χ1) is 16.4. The average molecular weight is 490 g/mol. The molecule has 9 nitrogen and oxygen atoms in total. The second-order valence-electron chi connectivity index (χ2n) is 8.69. The van der Waals surface area contributed by atoms with Crippen LogP contribution in [0.1, 0.15) is 50.6 Å². The average Bonchev–Trinajstić information content (AvgIpc) is 3.47. The molecule has 4 rings (SSSR count). The minimum atomic E-state index is -0.801. The van der Waals surface area contributed by atoms with Crippen LogP contribution in [0.4, 0.5) is 4.79 Å². The number of nitrogens with zero attached hydrogens (tertiary/aromatic N) is 1. The molecule has 2 atom stereocenters. The number of amides is 3. The van der Waals surface area contributed by atoms with Crippen LogP contribution in [-0.4, -0.2) is 54.6 Å². The molecule has 1 aliphatic carbocycles. The summed E-state index contributed by atoms with van der Waals surface area (Å²) in [6.45, 7) is 1.83. The van der Waals surface area contributed by atoms with Crippen molar-refractivity contribution in [2.45, 2.75) is 51.1 Å². The van der Waals surface area contributed by atoms with Gasteiger partial charge in [0.25, 0.3) is 0 Å². The monoisotopic (exact) mass is 489 g/mol. The highest BCUT2D eigenvalue weighted by atomic mass is 35.5. The third kappa shape index (κ3) is 5.19. The molecule has 1 aromatic rings. The predicted molar refractivity (Wildman–Crippen MR) is 123 cm³/mol. The lowest BCUT2D eigenvalue weighted by Crippen LogP contribution is -2.47. The summed E-state index contributed by atoms with van der Waals surface area (Å²) in [4.78, 5) is 52.2. The molecule has 0 bridgehead atoms. The van der Waals surface area contributed by atoms with Crippen LogP contribution in [0, 0.1) is 5.92 Å². The SMILES string of the molecule is CCOC(=O)C1=C(COC(=O)[C@H]2CC(=O)N(C3CCCC3)C2)NC(=O)N[C@H]1c1ccc(Cl)cc1. The molecule has 0 aromatic heterocycles. The lowest BCUT2D eigenvalue weighted by molar-refractivity contribution is -0.148. The normalized spacial score (nSPS) is 23.1. The van der Waals surface area contributed by atoms with Crippen molar-refractivity contribution >= 4 is 35.5 Å². The minimum absolute atomic E-state index is 0.0294. The highest BCUT2D eigenvalue weighted by molar-refractivity contribution is 6.30. The standard InChI is InChI=1S/C24H28ClN3O6/c1-2-33-23(31)20-18(26-24(32)27-21(20)14-7-9-16(25)10-8-14)13-34-22(30)15-11-19(29)28(12-15)17-5-3-4-6-17/h7-10,15,17,21H,2-6,11-13H2,1H3,(H2,26,27,32)/t15-,21-/m0/s1. The van der Waals surface area contributed by atoms with Gasteiger partial charge in [0.15, 0.2) is 0 Å². The molecule has 2 heterocycles. The highest BCUT2D eigenvalue weighted by Crippen LogP contribution is 2.31. The number of nitrogens with one attached hydrogen (secondary N) is 2. The van der Waals surface area contributed by atoms with Gasteiger partial charge in [-0.15, -0.1) is 0 Å². The van der Waals surface area contributed by atoms with E-state index in [-0.39, 0.29) is 42.9 Å². The number of ether oxygens (including phenoxy) is 2. The zero-order valence-electron chi connectivity index (χ0n) is 19.0. The molecule has 1 aromatic carbocycles. The third-order valence-corrected chi connectivity index (χ3v) is 6.72. The highest BCUT2D eigenvalue weighted by Gasteiger charge is 2.40. The summed E-state index contributed by atoms with van der Waals surface area (Å²) < 4.78 is 10.7. The van der Waals surface area contributed by atoms with Gasteiger partial charge in [-0.1, -0.05) is 36.6 Å². The molecule has 182 valence electrons. The molecule has 1 saturated heterocycles. The molecule has 3 amide bonds. The number of rotatable bonds is 7. The van der Waals surface area contributed by atoms with Gasteiger partial charge in [0, 0.05) is 24.0 Å². The van der Waals surface area contributed by atoms with E-state index in [0.29, 0.717) is 17.1 Å². The maximum Gasteiger partial charge on any atom is 0.338 e. The van der Waals surface area contributed by atoms with E-state index in [1.165, 1.54) is 0 Å². The summed E-state index contributed by atoms with van der Waals surface area (Å²) in [6.07, 6.45) is 4.23. The Balaban J connectivity index is 1.51. The Morgan fingerprint density at radius 2 is 1.82 bits per heavy atom. The number of hydrogen-bond acceptors (Lipinski definition) is 6. The molecule has 2 N–H and O–H groups in total. The summed E-state index contributed by atoms with van der Waals surface area (Å²) in [5.41, 5.74) is 0.916. The van der Waals surface area contributed by atoms with E-state index < -0.39 is 29.9 Å². The number of halogens is 1. The maximum absolute atomic E-state index is 12.8. The molecular formula is C24H28ClN3O6. The first kappa shape index (κ1) is 24.1. The fourth-order valence-corrected chi connectivity index (χ4v) is 4.93. The van der Waals surface area contributed by atoms with Gasteiger partial charge >= 0.3 is 18.0 Å². The van der Waals surface area contributed by atoms with Crippen LogP contribution in [-0.2, 0) is 23.9 Å². The second-order valence-corrected chi connectivity index (χ2v) is 9.13. The molecule has 3 aliphatic rings. The van der Waals surface area contributed by atoms with Crippen molar-refractivity contribution in [3.63, 3.8) is 0 Å². The number of esters is 2. The fourth-order valence-electron chi connectivity index (χ4n) is 4.81. The van der Waals surface area contributed by atoms with Crippen LogP contribution in [0.15, 0.2) is 35.5 Å². The van der Waals surface area contributed by atoms with E-state index >= 15 is 0 Å². The van der Waals surface area contributed by atoms with E-state index in [0.717, 1.165) is 25.7 Å². The van der Waals surface area contributed by atoms with Crippen molar-refractivity contribution in [1.29, 1.82) is 0 Å². The van der Waals surface area contributed by atoms with Crippen LogP contribution >= 0.6 is 11.6 Å². The molecule has 0 spiro atoms. The van der Waals surface area contributed by atoms with Crippen LogP contribution < -0.4 is 10.6 Å². The Labute approximate surface area is 202 Å². The van der Waals surface area contributed by atoms with Gasteiger partial charge in [-0.3, -0.25) is 9.59 Å². The lowest BCUT2D eigenvalue weighted by atomic mass is 9.95. The summed E-state index contributed by atoms with van der Waals surface area (Å²) in [7, 11) is 0. The topological polar surface area (TPSA) is 114 Å². The van der Waals surface area contributed by atoms with Gasteiger partial charge in [-0.05, 0) is 37.5 Å². The third-order valence-electron chi connectivity index (χ3n) is 6.47. The lowest BCUT2D eigenvalue weighted by Gasteiger charge is -2.29. The van der Waals surface area contributed by atoms with Crippen LogP contribution in [0.3, 0.4) is 0 Å². The van der Waals surface area contributed by atoms with Gasteiger partial charge in [-0.2, -0.15) is 0 Å². The first-order valence-corrected chi connectivity index (χ1v) is 11.9. The van der Waals surface area contributed by atoms with E-state index in [4.69, 9.17) is 21.1 Å². The van der Waals surface area contributed by atoms with E-state index in [2.05, 4.69) is 10.6 Å². The smallest absolute Gasteiger partial charge is 0.338 e. The van der Waals surface area contributed by atoms with Gasteiger partial charge in [0.1, 0.15) is 6.61 Å². The molecule has 0 radical (unpaired) electrons. The summed E-state index contributed by atoms with van der Waals surface area (Å²) >= 11 is 5.98. The van der Waals surface area contributed by atoms with Gasteiger partial charge in [0.05, 0.1) is 29.8 Å². The number of urea groups is 1. The van der Waals surface area contributed by atoms with Crippen molar-refractivity contribution in [2.24, 2.45) is 5.92 Å². The molecular weight excluding hydrogens is 462 g/mol. The van der Waals surface area contributed by atoms with Gasteiger partial charge in [-0.25, -0.2) is 9.59 Å². The molecule has 1 saturated carbocycles. The largest absolute Gasteiger partial charge is 0.463 e. The zero-order chi connectivity index (χ0) is 24.2. The Kier molecular flexibility index (Phi) is 7.41.